The number of nitrogens with zero attached hydrogens (tertiary/aromatic N) is 3. The topological polar surface area (TPSA) is 77.5 Å². The molecule has 0 amide bonds. The van der Waals surface area contributed by atoms with Gasteiger partial charge < -0.3 is 15.8 Å². The van der Waals surface area contributed by atoms with Gasteiger partial charge in [0, 0.05) is 24.4 Å². The maximum absolute atomic E-state index is 6.14. The fourth-order valence-electron chi connectivity index (χ4n) is 3.30. The number of rotatable bonds is 5. The monoisotopic (exact) mass is 361 g/mol. The van der Waals surface area contributed by atoms with Crippen LogP contribution in [0.25, 0.3) is 0 Å². The minimum absolute atomic E-state index is 0.129. The van der Waals surface area contributed by atoms with Crippen molar-refractivity contribution < 1.29 is 4.74 Å². The molecule has 0 saturated carbocycles. The summed E-state index contributed by atoms with van der Waals surface area (Å²) in [6.07, 6.45) is 4.61. The lowest BCUT2D eigenvalue weighted by Gasteiger charge is -2.26. The Kier molecular flexibility index (Phi) is 5.05. The Balaban J connectivity index is 1.40. The fourth-order valence-corrected chi connectivity index (χ4v) is 3.30. The predicted molar refractivity (Wildman–Crippen MR) is 106 cm³/mol. The Bertz CT molecular complexity index is 920. The van der Waals surface area contributed by atoms with E-state index in [0.717, 1.165) is 29.8 Å². The van der Waals surface area contributed by atoms with Crippen molar-refractivity contribution >= 4 is 5.96 Å². The normalized spacial score (nSPS) is 16.4. The zero-order chi connectivity index (χ0) is 18.5. The van der Waals surface area contributed by atoms with E-state index in [1.807, 2.05) is 41.2 Å². The Labute approximate surface area is 158 Å². The van der Waals surface area contributed by atoms with Crippen molar-refractivity contribution in [1.29, 1.82) is 0 Å². The molecule has 3 aromatic rings. The molecule has 1 aromatic heterocycles. The first-order valence-electron chi connectivity index (χ1n) is 9.11. The molecule has 0 radical (unpaired) electrons. The van der Waals surface area contributed by atoms with E-state index in [-0.39, 0.29) is 6.04 Å². The summed E-state index contributed by atoms with van der Waals surface area (Å²) in [5.41, 5.74) is 9.58. The first kappa shape index (κ1) is 17.1. The van der Waals surface area contributed by atoms with Crippen molar-refractivity contribution in [2.45, 2.75) is 25.6 Å². The molecule has 1 aliphatic heterocycles. The SMILES string of the molecule is NC(=NCc1cccc(Cn2cccn2)c1)NC1CCOc2ccccc21. The molecule has 27 heavy (non-hydrogen) atoms. The van der Waals surface area contributed by atoms with Crippen molar-refractivity contribution in [3.8, 4) is 5.75 Å². The van der Waals surface area contributed by atoms with Gasteiger partial charge >= 0.3 is 0 Å². The average molecular weight is 361 g/mol. The predicted octanol–water partition coefficient (Wildman–Crippen LogP) is 2.86. The number of benzene rings is 2. The third-order valence-electron chi connectivity index (χ3n) is 4.61. The lowest BCUT2D eigenvalue weighted by Crippen LogP contribution is -2.37. The van der Waals surface area contributed by atoms with Crippen molar-refractivity contribution in [3.63, 3.8) is 0 Å². The first-order valence-corrected chi connectivity index (χ1v) is 9.11. The van der Waals surface area contributed by atoms with Crippen LogP contribution in [0.15, 0.2) is 72.0 Å². The van der Waals surface area contributed by atoms with E-state index in [2.05, 4.69) is 39.7 Å². The Morgan fingerprint density at radius 3 is 2.96 bits per heavy atom. The van der Waals surface area contributed by atoms with E-state index in [1.54, 1.807) is 6.20 Å². The molecule has 0 fully saturated rings. The molecule has 2 aromatic carbocycles. The van der Waals surface area contributed by atoms with Crippen LogP contribution in [0.5, 0.6) is 5.75 Å². The van der Waals surface area contributed by atoms with Gasteiger partial charge in [0.2, 0.25) is 0 Å². The van der Waals surface area contributed by atoms with Crippen molar-refractivity contribution in [2.24, 2.45) is 10.7 Å². The van der Waals surface area contributed by atoms with Gasteiger partial charge in [-0.05, 0) is 23.3 Å². The number of ether oxygens (including phenoxy) is 1. The maximum atomic E-state index is 6.14. The van der Waals surface area contributed by atoms with E-state index < -0.39 is 0 Å². The van der Waals surface area contributed by atoms with Crippen LogP contribution in [0, 0.1) is 0 Å². The second-order valence-corrected chi connectivity index (χ2v) is 6.60. The minimum Gasteiger partial charge on any atom is -0.493 e. The summed E-state index contributed by atoms with van der Waals surface area (Å²) in [6.45, 7) is 1.96. The molecule has 1 atom stereocenters. The number of guanidine groups is 1. The quantitative estimate of drug-likeness (QED) is 0.541. The lowest BCUT2D eigenvalue weighted by molar-refractivity contribution is 0.262. The largest absolute Gasteiger partial charge is 0.493 e. The number of hydrogen-bond acceptors (Lipinski definition) is 3. The number of hydrogen-bond donors (Lipinski definition) is 2. The average Bonchev–Trinajstić information content (AvgIpc) is 3.20. The second kappa shape index (κ2) is 7.95. The molecular weight excluding hydrogens is 338 g/mol. The number of aromatic nitrogens is 2. The number of nitrogens with one attached hydrogen (secondary N) is 1. The highest BCUT2D eigenvalue weighted by atomic mass is 16.5. The highest BCUT2D eigenvalue weighted by Crippen LogP contribution is 2.31. The van der Waals surface area contributed by atoms with Crippen molar-refractivity contribution in [3.05, 3.63) is 83.7 Å². The third kappa shape index (κ3) is 4.28. The van der Waals surface area contributed by atoms with Gasteiger partial charge in [0.25, 0.3) is 0 Å². The molecular formula is C21H23N5O. The molecule has 4 rings (SSSR count). The maximum Gasteiger partial charge on any atom is 0.189 e. The summed E-state index contributed by atoms with van der Waals surface area (Å²) in [5, 5.41) is 7.58. The van der Waals surface area contributed by atoms with Crippen LogP contribution in [0.1, 0.15) is 29.2 Å². The number of aliphatic imine (C=N–C) groups is 1. The standard InChI is InChI=1S/C21H23N5O/c22-21(25-19-9-12-27-20-8-2-1-7-18(19)20)23-14-16-5-3-6-17(13-16)15-26-11-4-10-24-26/h1-8,10-11,13,19H,9,12,14-15H2,(H3,22,23,25). The summed E-state index contributed by atoms with van der Waals surface area (Å²) < 4.78 is 7.60. The molecule has 3 N–H and O–H groups in total. The van der Waals surface area contributed by atoms with Gasteiger partial charge in [0.05, 0.1) is 25.7 Å². The first-order chi connectivity index (χ1) is 13.3. The van der Waals surface area contributed by atoms with Crippen LogP contribution < -0.4 is 15.8 Å². The Morgan fingerprint density at radius 2 is 2.07 bits per heavy atom. The summed E-state index contributed by atoms with van der Waals surface area (Å²) >= 11 is 0. The molecule has 2 heterocycles. The molecule has 1 unspecified atom stereocenters. The second-order valence-electron chi connectivity index (χ2n) is 6.60. The van der Waals surface area contributed by atoms with Gasteiger partial charge in [-0.3, -0.25) is 4.68 Å². The molecule has 0 aliphatic carbocycles. The Morgan fingerprint density at radius 1 is 1.19 bits per heavy atom. The van der Waals surface area contributed by atoms with Crippen LogP contribution in [-0.2, 0) is 13.1 Å². The summed E-state index contributed by atoms with van der Waals surface area (Å²) in [4.78, 5) is 4.52. The van der Waals surface area contributed by atoms with Gasteiger partial charge in [-0.25, -0.2) is 4.99 Å². The molecule has 6 heteroatoms. The lowest BCUT2D eigenvalue weighted by atomic mass is 10.0. The van der Waals surface area contributed by atoms with E-state index in [9.17, 15) is 0 Å². The van der Waals surface area contributed by atoms with Crippen LogP contribution in [-0.4, -0.2) is 22.3 Å². The van der Waals surface area contributed by atoms with Crippen molar-refractivity contribution in [1.82, 2.24) is 15.1 Å². The summed E-state index contributed by atoms with van der Waals surface area (Å²) in [6, 6.07) is 18.4. The van der Waals surface area contributed by atoms with Gasteiger partial charge in [-0.2, -0.15) is 5.10 Å². The molecule has 0 spiro atoms. The zero-order valence-electron chi connectivity index (χ0n) is 15.1. The van der Waals surface area contributed by atoms with Crippen molar-refractivity contribution in [2.75, 3.05) is 6.61 Å². The minimum atomic E-state index is 0.129. The van der Waals surface area contributed by atoms with E-state index in [4.69, 9.17) is 10.5 Å². The molecule has 0 bridgehead atoms. The van der Waals surface area contributed by atoms with E-state index in [0.29, 0.717) is 19.1 Å². The smallest absolute Gasteiger partial charge is 0.189 e. The van der Waals surface area contributed by atoms with Gasteiger partial charge in [0.1, 0.15) is 5.75 Å². The van der Waals surface area contributed by atoms with Gasteiger partial charge in [-0.1, -0.05) is 42.5 Å². The molecule has 6 nitrogen and oxygen atoms in total. The fraction of sp³-hybridized carbons (Fsp3) is 0.238. The van der Waals surface area contributed by atoms with Gasteiger partial charge in [-0.15, -0.1) is 0 Å². The van der Waals surface area contributed by atoms with Crippen LogP contribution in [0.3, 0.4) is 0 Å². The van der Waals surface area contributed by atoms with Crippen LogP contribution in [0.2, 0.25) is 0 Å². The molecule has 138 valence electrons. The molecule has 1 aliphatic rings. The number of para-hydroxylation sites is 1. The highest BCUT2D eigenvalue weighted by molar-refractivity contribution is 5.78. The number of fused-ring (bicyclic) bond motifs is 1. The zero-order valence-corrected chi connectivity index (χ0v) is 15.1. The highest BCUT2D eigenvalue weighted by Gasteiger charge is 2.21. The summed E-state index contributed by atoms with van der Waals surface area (Å²) in [5.74, 6) is 1.37. The molecule has 0 saturated heterocycles. The summed E-state index contributed by atoms with van der Waals surface area (Å²) in [7, 11) is 0. The number of nitrogens with two attached hydrogens (primary N) is 1. The van der Waals surface area contributed by atoms with Crippen LogP contribution in [0.4, 0.5) is 0 Å². The Hall–Kier alpha value is -3.28. The van der Waals surface area contributed by atoms with Gasteiger partial charge in [0.15, 0.2) is 5.96 Å². The van der Waals surface area contributed by atoms with E-state index in [1.165, 1.54) is 5.56 Å². The third-order valence-corrected chi connectivity index (χ3v) is 4.61. The van der Waals surface area contributed by atoms with Crippen LogP contribution >= 0.6 is 0 Å². The van der Waals surface area contributed by atoms with E-state index >= 15 is 0 Å².